The van der Waals surface area contributed by atoms with E-state index in [4.69, 9.17) is 28.0 Å². The van der Waals surface area contributed by atoms with Crippen molar-refractivity contribution < 1.29 is 37.4 Å². The SMILES string of the molecule is COc1ccc(C(O[C@@H]2C[C@H](n3ccc(NC(=O)c4ccccc4)nc3=O)O[C@@H]2COP(=O)(OCCC#N)N(C(C)C)C(C)C)(c2ccccc2)c2ccc(OC)cc2)cc1. The summed E-state index contributed by atoms with van der Waals surface area (Å²) < 4.78 is 55.3. The average Bonchev–Trinajstić information content (AvgIpc) is 3.67. The standard InChI is InChI=1S/C46H52N5O9P/c1-32(2)51(33(3)4)61(54,57-29-13-27-47)58-31-41-40(30-43(59-41)50-28-26-42(49-45(50)53)48-44(52)34-14-9-7-10-15-34)60-46(35-16-11-8-12-17-35,36-18-22-38(55-5)23-19-36)37-20-24-39(56-6)25-21-37/h7-12,14-26,28,32-33,40-41,43H,13,29-31H2,1-6H3,(H,48,49,52,53)/t40-,41-,43-,61?/m1/s1. The van der Waals surface area contributed by atoms with E-state index in [9.17, 15) is 19.4 Å². The summed E-state index contributed by atoms with van der Waals surface area (Å²) in [7, 11) is -0.843. The van der Waals surface area contributed by atoms with E-state index in [1.165, 1.54) is 16.8 Å². The lowest BCUT2D eigenvalue weighted by Crippen LogP contribution is -2.41. The van der Waals surface area contributed by atoms with Crippen molar-refractivity contribution in [3.8, 4) is 17.6 Å². The molecule has 320 valence electrons. The van der Waals surface area contributed by atoms with Crippen molar-refractivity contribution in [3.05, 3.63) is 154 Å². The molecule has 1 unspecified atom stereocenters. The van der Waals surface area contributed by atoms with Crippen molar-refractivity contribution in [1.82, 2.24) is 14.2 Å². The number of ether oxygens (including phenoxy) is 4. The van der Waals surface area contributed by atoms with Crippen LogP contribution in [0.15, 0.2) is 126 Å². The van der Waals surface area contributed by atoms with Gasteiger partial charge in [-0.15, -0.1) is 0 Å². The lowest BCUT2D eigenvalue weighted by molar-refractivity contribution is -0.0987. The number of hydrogen-bond donors (Lipinski definition) is 1. The highest BCUT2D eigenvalue weighted by Gasteiger charge is 2.48. The van der Waals surface area contributed by atoms with Crippen molar-refractivity contribution in [2.24, 2.45) is 0 Å². The first kappa shape index (κ1) is 44.9. The number of methoxy groups -OCH3 is 2. The molecule has 0 aliphatic carbocycles. The number of carbonyl (C=O) groups excluding carboxylic acids is 1. The summed E-state index contributed by atoms with van der Waals surface area (Å²) in [5.74, 6) is 0.956. The van der Waals surface area contributed by atoms with Crippen LogP contribution in [0, 0.1) is 11.3 Å². The number of benzene rings is 4. The van der Waals surface area contributed by atoms with Gasteiger partial charge in [-0.05, 0) is 86.8 Å². The van der Waals surface area contributed by atoms with Gasteiger partial charge in [0.25, 0.3) is 5.91 Å². The zero-order chi connectivity index (χ0) is 43.6. The summed E-state index contributed by atoms with van der Waals surface area (Å²) in [6.07, 6.45) is -1.03. The van der Waals surface area contributed by atoms with Gasteiger partial charge in [0.1, 0.15) is 35.2 Å². The Balaban J connectivity index is 1.44. The van der Waals surface area contributed by atoms with Gasteiger partial charge in [0.05, 0.1) is 46.0 Å². The zero-order valence-electron chi connectivity index (χ0n) is 35.2. The number of carbonyl (C=O) groups is 1. The third-order valence-electron chi connectivity index (χ3n) is 10.3. The van der Waals surface area contributed by atoms with Crippen molar-refractivity contribution in [1.29, 1.82) is 5.26 Å². The van der Waals surface area contributed by atoms with Gasteiger partial charge in [0.2, 0.25) is 0 Å². The Labute approximate surface area is 356 Å². The molecule has 2 heterocycles. The molecule has 1 aliphatic heterocycles. The van der Waals surface area contributed by atoms with E-state index in [1.807, 2.05) is 113 Å². The molecule has 1 aliphatic rings. The molecule has 14 nitrogen and oxygen atoms in total. The number of aromatic nitrogens is 2. The first-order valence-corrected chi connectivity index (χ1v) is 21.6. The molecule has 0 bridgehead atoms. The lowest BCUT2D eigenvalue weighted by atomic mass is 9.79. The molecular weight excluding hydrogens is 798 g/mol. The van der Waals surface area contributed by atoms with E-state index in [0.29, 0.717) is 17.1 Å². The normalized spacial score (nSPS) is 17.5. The van der Waals surface area contributed by atoms with E-state index >= 15 is 0 Å². The van der Waals surface area contributed by atoms with Gasteiger partial charge in [-0.2, -0.15) is 10.2 Å². The number of nitrogens with one attached hydrogen (secondary N) is 1. The van der Waals surface area contributed by atoms with Crippen molar-refractivity contribution in [2.75, 3.05) is 32.8 Å². The number of nitriles is 1. The monoisotopic (exact) mass is 849 g/mol. The predicted octanol–water partition coefficient (Wildman–Crippen LogP) is 8.35. The van der Waals surface area contributed by atoms with Crippen molar-refractivity contribution in [2.45, 2.75) is 76.7 Å². The van der Waals surface area contributed by atoms with Gasteiger partial charge in [0.15, 0.2) is 0 Å². The highest BCUT2D eigenvalue weighted by molar-refractivity contribution is 7.51. The topological polar surface area (TPSA) is 163 Å². The van der Waals surface area contributed by atoms with E-state index in [-0.39, 0.29) is 44.0 Å². The Kier molecular flexibility index (Phi) is 14.9. The first-order valence-electron chi connectivity index (χ1n) is 20.1. The minimum absolute atomic E-state index is 0.00610. The van der Waals surface area contributed by atoms with E-state index in [1.54, 1.807) is 49.2 Å². The fourth-order valence-corrected chi connectivity index (χ4v) is 9.72. The van der Waals surface area contributed by atoms with Gasteiger partial charge >= 0.3 is 13.4 Å². The van der Waals surface area contributed by atoms with Crippen LogP contribution in [0.3, 0.4) is 0 Å². The molecule has 1 fully saturated rings. The number of nitrogens with zero attached hydrogens (tertiary/aromatic N) is 4. The summed E-state index contributed by atoms with van der Waals surface area (Å²) >= 11 is 0. The second kappa shape index (κ2) is 20.3. The molecule has 0 saturated carbocycles. The molecule has 15 heteroatoms. The van der Waals surface area contributed by atoms with Crippen LogP contribution >= 0.6 is 7.75 Å². The molecule has 5 aromatic rings. The molecule has 6 rings (SSSR count). The Morgan fingerprint density at radius 1 is 0.869 bits per heavy atom. The number of anilines is 1. The van der Waals surface area contributed by atoms with Crippen molar-refractivity contribution in [3.63, 3.8) is 0 Å². The fourth-order valence-electron chi connectivity index (χ4n) is 7.59. The highest BCUT2D eigenvalue weighted by Crippen LogP contribution is 2.55. The number of hydrogen-bond acceptors (Lipinski definition) is 11. The smallest absolute Gasteiger partial charge is 0.408 e. The largest absolute Gasteiger partial charge is 0.497 e. The molecule has 4 atom stereocenters. The van der Waals surface area contributed by atoms with Crippen LogP contribution in [0.1, 0.15) is 73.8 Å². The molecule has 1 N–H and O–H groups in total. The van der Waals surface area contributed by atoms with E-state index < -0.39 is 43.4 Å². The number of amides is 1. The third-order valence-corrected chi connectivity index (χ3v) is 12.8. The van der Waals surface area contributed by atoms with Gasteiger partial charge in [-0.1, -0.05) is 72.8 Å². The second-order valence-electron chi connectivity index (χ2n) is 14.9. The fraction of sp³-hybridized carbons (Fsp3) is 0.348. The van der Waals surface area contributed by atoms with Crippen LogP contribution in [0.25, 0.3) is 0 Å². The van der Waals surface area contributed by atoms with Crippen LogP contribution in [-0.2, 0) is 28.7 Å². The molecule has 4 aromatic carbocycles. The molecule has 61 heavy (non-hydrogen) atoms. The summed E-state index contributed by atoms with van der Waals surface area (Å²) in [5, 5.41) is 12.0. The lowest BCUT2D eigenvalue weighted by Gasteiger charge is -2.40. The molecule has 1 aromatic heterocycles. The second-order valence-corrected chi connectivity index (χ2v) is 16.8. The maximum Gasteiger partial charge on any atom is 0.408 e. The summed E-state index contributed by atoms with van der Waals surface area (Å²) in [4.78, 5) is 30.8. The van der Waals surface area contributed by atoms with Crippen LogP contribution < -0.4 is 20.5 Å². The van der Waals surface area contributed by atoms with E-state index in [2.05, 4.69) is 10.3 Å². The summed E-state index contributed by atoms with van der Waals surface area (Å²) in [6, 6.07) is 36.6. The third kappa shape index (κ3) is 10.3. The Hall–Kier alpha value is -5.65. The van der Waals surface area contributed by atoms with Crippen molar-refractivity contribution >= 4 is 19.5 Å². The molecular formula is C46H52N5O9P. The Bertz CT molecular complexity index is 2300. The quantitative estimate of drug-likeness (QED) is 0.0481. The predicted molar refractivity (Wildman–Crippen MR) is 230 cm³/mol. The van der Waals surface area contributed by atoms with Gasteiger partial charge in [-0.3, -0.25) is 18.4 Å². The number of rotatable bonds is 19. The Morgan fingerprint density at radius 3 is 1.95 bits per heavy atom. The van der Waals surface area contributed by atoms with E-state index in [0.717, 1.165) is 16.7 Å². The van der Waals surface area contributed by atoms with Gasteiger partial charge in [-0.25, -0.2) is 14.0 Å². The summed E-state index contributed by atoms with van der Waals surface area (Å²) in [6.45, 7) is 7.17. The summed E-state index contributed by atoms with van der Waals surface area (Å²) in [5.41, 5.74) is 0.774. The highest BCUT2D eigenvalue weighted by atomic mass is 31.2. The average molecular weight is 850 g/mol. The minimum Gasteiger partial charge on any atom is -0.497 e. The molecule has 1 saturated heterocycles. The molecule has 0 spiro atoms. The maximum atomic E-state index is 14.8. The minimum atomic E-state index is -4.04. The van der Waals surface area contributed by atoms with Gasteiger partial charge in [0, 0.05) is 30.3 Å². The maximum absolute atomic E-state index is 14.8. The zero-order valence-corrected chi connectivity index (χ0v) is 36.1. The molecule has 1 amide bonds. The van der Waals surface area contributed by atoms with Crippen LogP contribution in [0.5, 0.6) is 11.5 Å². The van der Waals surface area contributed by atoms with Gasteiger partial charge < -0.3 is 24.3 Å². The Morgan fingerprint density at radius 2 is 1.43 bits per heavy atom. The van der Waals surface area contributed by atoms with Crippen LogP contribution in [0.2, 0.25) is 0 Å². The molecule has 0 radical (unpaired) electrons. The van der Waals surface area contributed by atoms with Crippen LogP contribution in [-0.4, -0.2) is 71.9 Å². The van der Waals surface area contributed by atoms with Crippen LogP contribution in [0.4, 0.5) is 5.82 Å². The first-order chi connectivity index (χ1) is 29.4.